The van der Waals surface area contributed by atoms with Gasteiger partial charge in [0.25, 0.3) is 0 Å². The molecule has 2 nitrogen and oxygen atoms in total. The van der Waals surface area contributed by atoms with Gasteiger partial charge in [-0.05, 0) is 48.5 Å². The van der Waals surface area contributed by atoms with E-state index in [1.54, 1.807) is 0 Å². The van der Waals surface area contributed by atoms with E-state index < -0.39 is 0 Å². The topological polar surface area (TPSA) is 38.0 Å². The Bertz CT molecular complexity index is 527. The predicted octanol–water partition coefficient (Wildman–Crippen LogP) is 3.35. The predicted molar refractivity (Wildman–Crippen MR) is 84.4 cm³/mol. The molecule has 2 aromatic carbocycles. The van der Waals surface area contributed by atoms with E-state index in [1.807, 2.05) is 6.07 Å². The Hall–Kier alpha value is -1.64. The van der Waals surface area contributed by atoms with E-state index >= 15 is 0 Å². The maximum absolute atomic E-state index is 6.43. The third-order valence-corrected chi connectivity index (χ3v) is 4.29. The highest BCUT2D eigenvalue weighted by atomic mass is 14.9. The quantitative estimate of drug-likeness (QED) is 0.894. The van der Waals surface area contributed by atoms with Crippen LogP contribution in [0.5, 0.6) is 0 Å². The highest BCUT2D eigenvalue weighted by molar-refractivity contribution is 5.63. The van der Waals surface area contributed by atoms with Gasteiger partial charge in [-0.1, -0.05) is 54.6 Å². The van der Waals surface area contributed by atoms with E-state index in [0.29, 0.717) is 5.92 Å². The molecule has 0 aliphatic carbocycles. The third-order valence-electron chi connectivity index (χ3n) is 4.29. The summed E-state index contributed by atoms with van der Waals surface area (Å²) in [7, 11) is 0. The summed E-state index contributed by atoms with van der Waals surface area (Å²) in [6.07, 6.45) is 2.36. The fraction of sp³-hybridized carbons (Fsp3) is 0.333. The van der Waals surface area contributed by atoms with Crippen molar-refractivity contribution in [1.82, 2.24) is 5.32 Å². The second-order valence-corrected chi connectivity index (χ2v) is 5.60. The number of nitrogens with one attached hydrogen (secondary N) is 1. The van der Waals surface area contributed by atoms with Gasteiger partial charge in [0.2, 0.25) is 0 Å². The molecule has 1 saturated heterocycles. The molecule has 1 aliphatic heterocycles. The number of piperidine rings is 1. The van der Waals surface area contributed by atoms with Gasteiger partial charge in [-0.15, -0.1) is 0 Å². The molecule has 20 heavy (non-hydrogen) atoms. The molecule has 0 spiro atoms. The zero-order chi connectivity index (χ0) is 13.8. The van der Waals surface area contributed by atoms with Crippen LogP contribution in [0.15, 0.2) is 54.6 Å². The monoisotopic (exact) mass is 266 g/mol. The zero-order valence-electron chi connectivity index (χ0n) is 11.8. The summed E-state index contributed by atoms with van der Waals surface area (Å²) < 4.78 is 0. The fourth-order valence-electron chi connectivity index (χ4n) is 3.00. The van der Waals surface area contributed by atoms with Crippen molar-refractivity contribution in [1.29, 1.82) is 0 Å². The van der Waals surface area contributed by atoms with Gasteiger partial charge in [0.1, 0.15) is 0 Å². The Morgan fingerprint density at radius 1 is 0.850 bits per heavy atom. The van der Waals surface area contributed by atoms with Crippen LogP contribution in [0.4, 0.5) is 0 Å². The van der Waals surface area contributed by atoms with Crippen LogP contribution in [-0.2, 0) is 0 Å². The van der Waals surface area contributed by atoms with Crippen LogP contribution >= 0.6 is 0 Å². The van der Waals surface area contributed by atoms with Crippen molar-refractivity contribution in [2.75, 3.05) is 13.1 Å². The number of benzene rings is 2. The van der Waals surface area contributed by atoms with Crippen molar-refractivity contribution in [3.63, 3.8) is 0 Å². The zero-order valence-corrected chi connectivity index (χ0v) is 11.8. The van der Waals surface area contributed by atoms with Crippen molar-refractivity contribution in [3.05, 3.63) is 60.2 Å². The standard InChI is InChI=1S/C18H22N2/c19-18(17-10-12-20-13-11-17)16-8-6-15(7-9-16)14-4-2-1-3-5-14/h1-9,17-18,20H,10-13,19H2/t18-/m0/s1. The first kappa shape index (κ1) is 13.3. The maximum Gasteiger partial charge on any atom is 0.0324 e. The Morgan fingerprint density at radius 3 is 2.10 bits per heavy atom. The minimum Gasteiger partial charge on any atom is -0.324 e. The average Bonchev–Trinajstić information content (AvgIpc) is 2.56. The SMILES string of the molecule is N[C@@H](c1ccc(-c2ccccc2)cc1)C1CCNCC1. The Balaban J connectivity index is 1.75. The second-order valence-electron chi connectivity index (χ2n) is 5.60. The first-order chi connectivity index (χ1) is 9.84. The summed E-state index contributed by atoms with van der Waals surface area (Å²) in [5.74, 6) is 0.610. The summed E-state index contributed by atoms with van der Waals surface area (Å²) in [4.78, 5) is 0. The minimum absolute atomic E-state index is 0.168. The number of rotatable bonds is 3. The minimum atomic E-state index is 0.168. The molecule has 0 radical (unpaired) electrons. The van der Waals surface area contributed by atoms with Gasteiger partial charge in [0.15, 0.2) is 0 Å². The molecular weight excluding hydrogens is 244 g/mol. The van der Waals surface area contributed by atoms with Crippen molar-refractivity contribution >= 4 is 0 Å². The van der Waals surface area contributed by atoms with Gasteiger partial charge in [-0.2, -0.15) is 0 Å². The summed E-state index contributed by atoms with van der Waals surface area (Å²) in [5.41, 5.74) is 10.2. The molecule has 0 unspecified atom stereocenters. The molecule has 3 rings (SSSR count). The lowest BCUT2D eigenvalue weighted by atomic mass is 9.86. The highest BCUT2D eigenvalue weighted by Gasteiger charge is 2.21. The molecule has 104 valence electrons. The smallest absolute Gasteiger partial charge is 0.0324 e. The van der Waals surface area contributed by atoms with Gasteiger partial charge >= 0.3 is 0 Å². The summed E-state index contributed by atoms with van der Waals surface area (Å²) in [5, 5.41) is 3.40. The third kappa shape index (κ3) is 2.92. The van der Waals surface area contributed by atoms with E-state index in [0.717, 1.165) is 13.1 Å². The molecule has 1 atom stereocenters. The van der Waals surface area contributed by atoms with Crippen molar-refractivity contribution in [2.24, 2.45) is 11.7 Å². The molecule has 0 amide bonds. The average molecular weight is 266 g/mol. The largest absolute Gasteiger partial charge is 0.324 e. The van der Waals surface area contributed by atoms with Crippen molar-refractivity contribution in [3.8, 4) is 11.1 Å². The fourth-order valence-corrected chi connectivity index (χ4v) is 3.00. The van der Waals surface area contributed by atoms with Crippen LogP contribution in [0, 0.1) is 5.92 Å². The van der Waals surface area contributed by atoms with Crippen LogP contribution in [0.1, 0.15) is 24.4 Å². The summed E-state index contributed by atoms with van der Waals surface area (Å²) in [6.45, 7) is 2.20. The van der Waals surface area contributed by atoms with Crippen LogP contribution in [0.25, 0.3) is 11.1 Å². The molecular formula is C18H22N2. The van der Waals surface area contributed by atoms with Gasteiger partial charge in [-0.25, -0.2) is 0 Å². The molecule has 0 aromatic heterocycles. The lowest BCUT2D eigenvalue weighted by Gasteiger charge is -2.28. The van der Waals surface area contributed by atoms with Gasteiger partial charge < -0.3 is 11.1 Å². The number of hydrogen-bond acceptors (Lipinski definition) is 2. The molecule has 0 bridgehead atoms. The summed E-state index contributed by atoms with van der Waals surface area (Å²) in [6, 6.07) is 19.4. The Kier molecular flexibility index (Phi) is 4.14. The lowest BCUT2D eigenvalue weighted by molar-refractivity contribution is 0.322. The van der Waals surface area contributed by atoms with Gasteiger partial charge in [0, 0.05) is 6.04 Å². The summed E-state index contributed by atoms with van der Waals surface area (Å²) >= 11 is 0. The molecule has 0 saturated carbocycles. The molecule has 1 aliphatic rings. The molecule has 3 N–H and O–H groups in total. The van der Waals surface area contributed by atoms with E-state index in [9.17, 15) is 0 Å². The van der Waals surface area contributed by atoms with Crippen molar-refractivity contribution in [2.45, 2.75) is 18.9 Å². The highest BCUT2D eigenvalue weighted by Crippen LogP contribution is 2.28. The van der Waals surface area contributed by atoms with Crippen molar-refractivity contribution < 1.29 is 0 Å². The van der Waals surface area contributed by atoms with Crippen LogP contribution in [-0.4, -0.2) is 13.1 Å². The molecule has 1 fully saturated rings. The molecule has 2 heteroatoms. The molecule has 1 heterocycles. The van der Waals surface area contributed by atoms with Gasteiger partial charge in [-0.3, -0.25) is 0 Å². The first-order valence-corrected chi connectivity index (χ1v) is 7.46. The Morgan fingerprint density at radius 2 is 1.45 bits per heavy atom. The van der Waals surface area contributed by atoms with Crippen LogP contribution < -0.4 is 11.1 Å². The normalized spacial score (nSPS) is 17.9. The van der Waals surface area contributed by atoms with Crippen LogP contribution in [0.2, 0.25) is 0 Å². The van der Waals surface area contributed by atoms with Gasteiger partial charge in [0.05, 0.1) is 0 Å². The lowest BCUT2D eigenvalue weighted by Crippen LogP contribution is -2.33. The number of hydrogen-bond donors (Lipinski definition) is 2. The van der Waals surface area contributed by atoms with E-state index in [4.69, 9.17) is 5.73 Å². The maximum atomic E-state index is 6.43. The van der Waals surface area contributed by atoms with E-state index in [1.165, 1.54) is 29.5 Å². The molecule has 2 aromatic rings. The first-order valence-electron chi connectivity index (χ1n) is 7.46. The van der Waals surface area contributed by atoms with E-state index in [2.05, 4.69) is 53.8 Å². The second kappa shape index (κ2) is 6.21. The van der Waals surface area contributed by atoms with E-state index in [-0.39, 0.29) is 6.04 Å². The Labute approximate surface area is 121 Å². The van der Waals surface area contributed by atoms with Crippen LogP contribution in [0.3, 0.4) is 0 Å². The number of nitrogens with two attached hydrogens (primary N) is 1.